The first kappa shape index (κ1) is 38.8. The highest BCUT2D eigenvalue weighted by Crippen LogP contribution is 2.52. The number of morpholine rings is 2. The maximum absolute atomic E-state index is 14.0. The minimum atomic E-state index is -0.650. The highest BCUT2D eigenvalue weighted by Gasteiger charge is 2.44. The van der Waals surface area contributed by atoms with E-state index in [-0.39, 0.29) is 17.3 Å². The molecule has 0 aromatic heterocycles. The molecule has 0 atom stereocenters. The van der Waals surface area contributed by atoms with E-state index in [1.807, 2.05) is 88.4 Å². The van der Waals surface area contributed by atoms with E-state index < -0.39 is 16.5 Å². The van der Waals surface area contributed by atoms with Crippen LogP contribution in [0.15, 0.2) is 121 Å². The highest BCUT2D eigenvalue weighted by molar-refractivity contribution is 6.09. The molecule has 0 spiro atoms. The molecule has 8 rings (SSSR count). The van der Waals surface area contributed by atoms with Gasteiger partial charge in [-0.15, -0.1) is 0 Å². The molecule has 0 N–H and O–H groups in total. The number of ketones is 3. The van der Waals surface area contributed by atoms with Crippen LogP contribution in [0, 0.1) is 0 Å². The van der Waals surface area contributed by atoms with Crippen LogP contribution in [-0.4, -0.2) is 90.8 Å². The van der Waals surface area contributed by atoms with Gasteiger partial charge >= 0.3 is 0 Å². The number of benzene rings is 5. The molecule has 2 aliphatic heterocycles. The van der Waals surface area contributed by atoms with E-state index in [1.54, 1.807) is 0 Å². The molecule has 7 nitrogen and oxygen atoms in total. The molecule has 0 amide bonds. The predicted octanol–water partition coefficient (Wildman–Crippen LogP) is 8.26. The lowest BCUT2D eigenvalue weighted by molar-refractivity contribution is -0.00442. The molecule has 57 heavy (non-hydrogen) atoms. The van der Waals surface area contributed by atoms with Gasteiger partial charge in [0.2, 0.25) is 0 Å². The van der Waals surface area contributed by atoms with Gasteiger partial charge in [0.05, 0.1) is 37.5 Å². The van der Waals surface area contributed by atoms with E-state index in [9.17, 15) is 14.4 Å². The predicted molar refractivity (Wildman–Crippen MR) is 224 cm³/mol. The molecule has 0 saturated carbocycles. The minimum Gasteiger partial charge on any atom is -0.379 e. The second-order valence-corrected chi connectivity index (χ2v) is 16.8. The van der Waals surface area contributed by atoms with E-state index in [2.05, 4.69) is 70.5 Å². The molecule has 292 valence electrons. The summed E-state index contributed by atoms with van der Waals surface area (Å²) in [5, 5.41) is 0. The van der Waals surface area contributed by atoms with Gasteiger partial charge in [-0.05, 0) is 80.0 Å². The zero-order valence-electron chi connectivity index (χ0n) is 33.6. The summed E-state index contributed by atoms with van der Waals surface area (Å²) >= 11 is 0. The smallest absolute Gasteiger partial charge is 0.193 e. The minimum absolute atomic E-state index is 0.0141. The Bertz CT molecular complexity index is 2180. The number of carbonyl (C=O) groups excluding carboxylic acids is 3. The monoisotopic (exact) mass is 760 g/mol. The molecule has 0 radical (unpaired) electrons. The van der Waals surface area contributed by atoms with Crippen molar-refractivity contribution in [2.45, 2.75) is 57.0 Å². The summed E-state index contributed by atoms with van der Waals surface area (Å²) in [5.41, 5.74) is 7.60. The number of nitrogens with zero attached hydrogens (tertiary/aromatic N) is 2. The number of Topliss-reactive ketones (excluding diaryl/α,β-unsaturated/α-hetero) is 2. The van der Waals surface area contributed by atoms with Crippen molar-refractivity contribution < 1.29 is 23.9 Å². The Morgan fingerprint density at radius 1 is 0.509 bits per heavy atom. The number of hydrogen-bond donors (Lipinski definition) is 0. The average Bonchev–Trinajstić information content (AvgIpc) is 3.52. The SMILES string of the molecule is CC(C)(C(=O)c1ccc(CC2(Cc3ccc(C(=O)C(C)(C)N4CCOCC4)cc3)c3ccccc3-c3ccc(C(=O)c4ccccc4)cc32)cc1)N1CCOCC1. The summed E-state index contributed by atoms with van der Waals surface area (Å²) in [5.74, 6) is 0.176. The fraction of sp³-hybridized carbons (Fsp3) is 0.340. The van der Waals surface area contributed by atoms with Gasteiger partial charge in [0.15, 0.2) is 17.3 Å². The Hall–Kier alpha value is -5.05. The van der Waals surface area contributed by atoms with Crippen molar-refractivity contribution in [3.8, 4) is 11.1 Å². The van der Waals surface area contributed by atoms with Crippen molar-refractivity contribution in [3.05, 3.63) is 166 Å². The summed E-state index contributed by atoms with van der Waals surface area (Å²) in [6.07, 6.45) is 1.29. The van der Waals surface area contributed by atoms with Crippen LogP contribution in [0.4, 0.5) is 0 Å². The second-order valence-electron chi connectivity index (χ2n) is 16.8. The van der Waals surface area contributed by atoms with Gasteiger partial charge in [0, 0.05) is 53.8 Å². The van der Waals surface area contributed by atoms with Gasteiger partial charge in [0.25, 0.3) is 0 Å². The molecule has 1 aliphatic carbocycles. The van der Waals surface area contributed by atoms with Crippen molar-refractivity contribution in [1.29, 1.82) is 0 Å². The Labute approximate surface area is 336 Å². The fourth-order valence-electron chi connectivity index (χ4n) is 9.28. The van der Waals surface area contributed by atoms with Crippen molar-refractivity contribution >= 4 is 17.3 Å². The molecule has 2 saturated heterocycles. The largest absolute Gasteiger partial charge is 0.379 e. The summed E-state index contributed by atoms with van der Waals surface area (Å²) in [6.45, 7) is 13.5. The third-order valence-electron chi connectivity index (χ3n) is 12.7. The quantitative estimate of drug-likeness (QED) is 0.119. The van der Waals surface area contributed by atoms with Crippen LogP contribution in [0.3, 0.4) is 0 Å². The van der Waals surface area contributed by atoms with Crippen LogP contribution >= 0.6 is 0 Å². The first-order valence-corrected chi connectivity index (χ1v) is 20.3. The van der Waals surface area contributed by atoms with Gasteiger partial charge in [-0.2, -0.15) is 0 Å². The molecule has 2 fully saturated rings. The highest BCUT2D eigenvalue weighted by atomic mass is 16.5. The number of hydrogen-bond acceptors (Lipinski definition) is 7. The van der Waals surface area contributed by atoms with E-state index in [0.717, 1.165) is 54.0 Å². The first-order chi connectivity index (χ1) is 27.5. The van der Waals surface area contributed by atoms with E-state index in [4.69, 9.17) is 9.47 Å². The molecule has 0 bridgehead atoms. The zero-order valence-corrected chi connectivity index (χ0v) is 33.6. The third-order valence-corrected chi connectivity index (χ3v) is 12.7. The lowest BCUT2D eigenvalue weighted by Crippen LogP contribution is -2.54. The Morgan fingerprint density at radius 3 is 1.46 bits per heavy atom. The van der Waals surface area contributed by atoms with Crippen molar-refractivity contribution in [2.24, 2.45) is 0 Å². The fourth-order valence-corrected chi connectivity index (χ4v) is 9.28. The van der Waals surface area contributed by atoms with Crippen LogP contribution in [-0.2, 0) is 27.7 Å². The number of rotatable bonds is 12. The maximum Gasteiger partial charge on any atom is 0.193 e. The lowest BCUT2D eigenvalue weighted by atomic mass is 9.69. The van der Waals surface area contributed by atoms with E-state index in [0.29, 0.717) is 61.5 Å². The van der Waals surface area contributed by atoms with Gasteiger partial charge in [-0.3, -0.25) is 24.2 Å². The Balaban J connectivity index is 1.18. The summed E-state index contributed by atoms with van der Waals surface area (Å²) in [6, 6.07) is 40.5. The number of fused-ring (bicyclic) bond motifs is 3. The maximum atomic E-state index is 14.0. The van der Waals surface area contributed by atoms with Gasteiger partial charge in [0.1, 0.15) is 0 Å². The summed E-state index contributed by atoms with van der Waals surface area (Å²) in [7, 11) is 0. The van der Waals surface area contributed by atoms with Crippen LogP contribution in [0.2, 0.25) is 0 Å². The zero-order chi connectivity index (χ0) is 39.8. The average molecular weight is 761 g/mol. The Morgan fingerprint density at radius 2 is 0.947 bits per heavy atom. The lowest BCUT2D eigenvalue weighted by Gasteiger charge is -2.39. The normalized spacial score (nSPS) is 17.1. The molecular formula is C50H52N2O5. The van der Waals surface area contributed by atoms with Crippen molar-refractivity contribution in [2.75, 3.05) is 52.6 Å². The van der Waals surface area contributed by atoms with E-state index in [1.165, 1.54) is 5.56 Å². The van der Waals surface area contributed by atoms with Gasteiger partial charge in [-0.25, -0.2) is 0 Å². The van der Waals surface area contributed by atoms with Crippen molar-refractivity contribution in [1.82, 2.24) is 9.80 Å². The standard InChI is InChI=1S/C50H52N2O5/c1-48(2,51-24-28-56-29-25-51)46(54)38-18-14-35(15-19-38)33-50(34-36-16-20-39(21-17-36)47(55)49(3,4)52-26-30-57-31-27-52)43-13-9-8-12-41(43)42-23-22-40(32-44(42)50)45(53)37-10-6-5-7-11-37/h5-23,32H,24-31,33-34H2,1-4H3. The molecule has 2 heterocycles. The van der Waals surface area contributed by atoms with Crippen LogP contribution < -0.4 is 0 Å². The molecule has 5 aromatic carbocycles. The van der Waals surface area contributed by atoms with Crippen LogP contribution in [0.25, 0.3) is 11.1 Å². The topological polar surface area (TPSA) is 76.2 Å². The second kappa shape index (κ2) is 15.7. The van der Waals surface area contributed by atoms with E-state index >= 15 is 0 Å². The van der Waals surface area contributed by atoms with Crippen LogP contribution in [0.1, 0.15) is 86.6 Å². The molecular weight excluding hydrogens is 709 g/mol. The number of carbonyl (C=O) groups is 3. The van der Waals surface area contributed by atoms with Gasteiger partial charge < -0.3 is 9.47 Å². The Kier molecular flexibility index (Phi) is 10.7. The van der Waals surface area contributed by atoms with Gasteiger partial charge in [-0.1, -0.05) is 115 Å². The summed E-state index contributed by atoms with van der Waals surface area (Å²) in [4.78, 5) is 46.3. The number of ether oxygens (including phenoxy) is 2. The molecule has 3 aliphatic rings. The van der Waals surface area contributed by atoms with Crippen molar-refractivity contribution in [3.63, 3.8) is 0 Å². The molecule has 7 heteroatoms. The molecule has 5 aromatic rings. The summed E-state index contributed by atoms with van der Waals surface area (Å²) < 4.78 is 11.1. The molecule has 0 unspecified atom stereocenters. The van der Waals surface area contributed by atoms with Crippen LogP contribution in [0.5, 0.6) is 0 Å². The third kappa shape index (κ3) is 7.34. The first-order valence-electron chi connectivity index (χ1n) is 20.3.